The predicted molar refractivity (Wildman–Crippen MR) is 69.6 cm³/mol. The van der Waals surface area contributed by atoms with Gasteiger partial charge < -0.3 is 9.73 Å². The first kappa shape index (κ1) is 13.1. The third-order valence-electron chi connectivity index (χ3n) is 2.89. The first-order valence-electron chi connectivity index (χ1n) is 5.92. The summed E-state index contributed by atoms with van der Waals surface area (Å²) in [6.07, 6.45) is 3.89. The highest BCUT2D eigenvalue weighted by atomic mass is 35.5. The molecule has 2 aromatic heterocycles. The molecule has 1 N–H and O–H groups in total. The second-order valence-electron chi connectivity index (χ2n) is 4.41. The van der Waals surface area contributed by atoms with E-state index in [0.29, 0.717) is 17.7 Å². The van der Waals surface area contributed by atoms with E-state index < -0.39 is 0 Å². The van der Waals surface area contributed by atoms with Gasteiger partial charge in [-0.3, -0.25) is 0 Å². The average molecular weight is 269 g/mol. The van der Waals surface area contributed by atoms with Gasteiger partial charge in [0.15, 0.2) is 5.22 Å². The molecule has 1 unspecified atom stereocenters. The highest BCUT2D eigenvalue weighted by Crippen LogP contribution is 2.26. The number of rotatable bonds is 5. The molecule has 0 saturated heterocycles. The van der Waals surface area contributed by atoms with Gasteiger partial charge >= 0.3 is 0 Å². The zero-order valence-electron chi connectivity index (χ0n) is 10.7. The van der Waals surface area contributed by atoms with E-state index in [2.05, 4.69) is 29.2 Å². The van der Waals surface area contributed by atoms with Gasteiger partial charge in [0.1, 0.15) is 12.2 Å². The van der Waals surface area contributed by atoms with Gasteiger partial charge in [-0.15, -0.1) is 0 Å². The van der Waals surface area contributed by atoms with Gasteiger partial charge in [0.05, 0.1) is 6.26 Å². The molecule has 1 atom stereocenters. The van der Waals surface area contributed by atoms with Crippen LogP contribution in [-0.4, -0.2) is 21.8 Å². The van der Waals surface area contributed by atoms with Crippen molar-refractivity contribution in [2.45, 2.75) is 32.4 Å². The van der Waals surface area contributed by atoms with Gasteiger partial charge in [-0.05, 0) is 38.6 Å². The van der Waals surface area contributed by atoms with Crippen molar-refractivity contribution in [1.82, 2.24) is 20.1 Å². The van der Waals surface area contributed by atoms with Gasteiger partial charge in [0.2, 0.25) is 0 Å². The Kier molecular flexibility index (Phi) is 4.04. The zero-order chi connectivity index (χ0) is 13.1. The van der Waals surface area contributed by atoms with Crippen molar-refractivity contribution in [2.75, 3.05) is 7.05 Å². The Balaban J connectivity index is 2.21. The molecule has 5 nitrogen and oxygen atoms in total. The van der Waals surface area contributed by atoms with E-state index >= 15 is 0 Å². The minimum absolute atomic E-state index is 0.0675. The molecular formula is C12H17ClN4O. The van der Waals surface area contributed by atoms with Crippen molar-refractivity contribution in [3.63, 3.8) is 0 Å². The number of nitrogens with one attached hydrogen (secondary N) is 1. The van der Waals surface area contributed by atoms with Crippen molar-refractivity contribution in [2.24, 2.45) is 0 Å². The molecule has 6 heteroatoms. The van der Waals surface area contributed by atoms with E-state index in [1.807, 2.05) is 17.8 Å². The Morgan fingerprint density at radius 3 is 2.83 bits per heavy atom. The molecule has 0 spiro atoms. The van der Waals surface area contributed by atoms with E-state index in [0.717, 1.165) is 11.4 Å². The van der Waals surface area contributed by atoms with Crippen LogP contribution in [0.5, 0.6) is 0 Å². The van der Waals surface area contributed by atoms with Crippen molar-refractivity contribution in [3.05, 3.63) is 35.3 Å². The van der Waals surface area contributed by atoms with Crippen LogP contribution < -0.4 is 5.32 Å². The Hall–Kier alpha value is -1.33. The average Bonchev–Trinajstić information content (AvgIpc) is 2.94. The quantitative estimate of drug-likeness (QED) is 0.906. The molecule has 2 rings (SSSR count). The molecule has 2 heterocycles. The summed E-state index contributed by atoms with van der Waals surface area (Å²) in [6.45, 7) is 4.16. The summed E-state index contributed by atoms with van der Waals surface area (Å²) in [4.78, 5) is 4.30. The topological polar surface area (TPSA) is 55.9 Å². The molecule has 98 valence electrons. The Bertz CT molecular complexity index is 506. The summed E-state index contributed by atoms with van der Waals surface area (Å²) < 4.78 is 7.04. The molecule has 0 aliphatic rings. The fourth-order valence-corrected chi connectivity index (χ4v) is 2.20. The maximum absolute atomic E-state index is 6.01. The van der Waals surface area contributed by atoms with Crippen molar-refractivity contribution < 1.29 is 4.42 Å². The standard InChI is InChI=1S/C12H17ClN4O/c1-8(2)17-11(15-7-16-17)6-10(14-3)9-4-5-18-12(9)13/h4-5,7-8,10,14H,6H2,1-3H3. The summed E-state index contributed by atoms with van der Waals surface area (Å²) >= 11 is 6.01. The zero-order valence-corrected chi connectivity index (χ0v) is 11.5. The van der Waals surface area contributed by atoms with Crippen LogP contribution in [-0.2, 0) is 6.42 Å². The van der Waals surface area contributed by atoms with Crippen molar-refractivity contribution >= 4 is 11.6 Å². The Morgan fingerprint density at radius 1 is 1.50 bits per heavy atom. The first-order chi connectivity index (χ1) is 8.63. The summed E-state index contributed by atoms with van der Waals surface area (Å²) in [5.41, 5.74) is 0.942. The lowest BCUT2D eigenvalue weighted by molar-refractivity contribution is 0.475. The maximum atomic E-state index is 6.01. The number of furan rings is 1. The second-order valence-corrected chi connectivity index (χ2v) is 4.75. The maximum Gasteiger partial charge on any atom is 0.197 e. The number of nitrogens with zero attached hydrogens (tertiary/aromatic N) is 3. The Labute approximate surface area is 111 Å². The molecule has 2 aromatic rings. The monoisotopic (exact) mass is 268 g/mol. The summed E-state index contributed by atoms with van der Waals surface area (Å²) in [7, 11) is 1.89. The van der Waals surface area contributed by atoms with E-state index in [9.17, 15) is 0 Å². The number of aromatic nitrogens is 3. The van der Waals surface area contributed by atoms with Crippen LogP contribution in [0, 0.1) is 0 Å². The van der Waals surface area contributed by atoms with E-state index in [1.165, 1.54) is 0 Å². The summed E-state index contributed by atoms with van der Waals surface area (Å²) in [6, 6.07) is 2.23. The van der Waals surface area contributed by atoms with Gasteiger partial charge in [0, 0.05) is 24.1 Å². The molecule has 0 aliphatic heterocycles. The Morgan fingerprint density at radius 2 is 2.28 bits per heavy atom. The number of likely N-dealkylation sites (N-methyl/N-ethyl adjacent to an activating group) is 1. The minimum atomic E-state index is 0.0675. The second kappa shape index (κ2) is 5.54. The normalized spacial score (nSPS) is 13.2. The SMILES string of the molecule is CNC(Cc1ncnn1C(C)C)c1ccoc1Cl. The number of hydrogen-bond acceptors (Lipinski definition) is 4. The predicted octanol–water partition coefficient (Wildman–Crippen LogP) is 2.61. The molecule has 0 saturated carbocycles. The molecule has 0 bridgehead atoms. The third kappa shape index (κ3) is 2.57. The summed E-state index contributed by atoms with van der Waals surface area (Å²) in [5.74, 6) is 0.932. The van der Waals surface area contributed by atoms with E-state index in [4.69, 9.17) is 16.0 Å². The van der Waals surface area contributed by atoms with Crippen LogP contribution >= 0.6 is 11.6 Å². The minimum Gasteiger partial charge on any atom is -0.453 e. The van der Waals surface area contributed by atoms with Crippen LogP contribution in [0.2, 0.25) is 5.22 Å². The first-order valence-corrected chi connectivity index (χ1v) is 6.29. The van der Waals surface area contributed by atoms with E-state index in [-0.39, 0.29) is 6.04 Å². The van der Waals surface area contributed by atoms with Gasteiger partial charge in [0.25, 0.3) is 0 Å². The lowest BCUT2D eigenvalue weighted by Gasteiger charge is -2.16. The molecule has 0 aromatic carbocycles. The van der Waals surface area contributed by atoms with E-state index in [1.54, 1.807) is 12.6 Å². The smallest absolute Gasteiger partial charge is 0.197 e. The fraction of sp³-hybridized carbons (Fsp3) is 0.500. The molecule has 0 fully saturated rings. The van der Waals surface area contributed by atoms with Gasteiger partial charge in [-0.2, -0.15) is 5.10 Å². The molecule has 0 aliphatic carbocycles. The molecule has 0 amide bonds. The molecule has 18 heavy (non-hydrogen) atoms. The van der Waals surface area contributed by atoms with Crippen molar-refractivity contribution in [3.8, 4) is 0 Å². The van der Waals surface area contributed by atoms with Gasteiger partial charge in [-0.1, -0.05) is 0 Å². The fourth-order valence-electron chi connectivity index (χ4n) is 1.96. The summed E-state index contributed by atoms with van der Waals surface area (Å²) in [5, 5.41) is 7.87. The largest absolute Gasteiger partial charge is 0.453 e. The van der Waals surface area contributed by atoms with Crippen LogP contribution in [0.15, 0.2) is 23.1 Å². The molecular weight excluding hydrogens is 252 g/mol. The van der Waals surface area contributed by atoms with Crippen molar-refractivity contribution in [1.29, 1.82) is 0 Å². The van der Waals surface area contributed by atoms with Crippen LogP contribution in [0.4, 0.5) is 0 Å². The van der Waals surface area contributed by atoms with Crippen LogP contribution in [0.3, 0.4) is 0 Å². The number of hydrogen-bond donors (Lipinski definition) is 1. The van der Waals surface area contributed by atoms with Gasteiger partial charge in [-0.25, -0.2) is 9.67 Å². The van der Waals surface area contributed by atoms with Crippen LogP contribution in [0.25, 0.3) is 0 Å². The number of halogens is 1. The van der Waals surface area contributed by atoms with Crippen LogP contribution in [0.1, 0.15) is 37.3 Å². The molecule has 0 radical (unpaired) electrons. The lowest BCUT2D eigenvalue weighted by Crippen LogP contribution is -2.21. The highest BCUT2D eigenvalue weighted by Gasteiger charge is 2.19. The lowest BCUT2D eigenvalue weighted by atomic mass is 10.1. The highest BCUT2D eigenvalue weighted by molar-refractivity contribution is 6.29. The third-order valence-corrected chi connectivity index (χ3v) is 3.20.